The Morgan fingerprint density at radius 2 is 1.86 bits per heavy atom. The number of nitrogens with one attached hydrogen (secondary N) is 1. The van der Waals surface area contributed by atoms with Gasteiger partial charge in [-0.2, -0.15) is 0 Å². The Labute approximate surface area is 128 Å². The van der Waals surface area contributed by atoms with Gasteiger partial charge in [-0.15, -0.1) is 0 Å². The van der Waals surface area contributed by atoms with Gasteiger partial charge in [0.1, 0.15) is 11.6 Å². The number of carbonyl (C=O) groups excluding carboxylic acids is 2. The fourth-order valence-corrected chi connectivity index (χ4v) is 2.42. The molecule has 1 fully saturated rings. The lowest BCUT2D eigenvalue weighted by molar-refractivity contribution is -0.146. The van der Waals surface area contributed by atoms with Crippen molar-refractivity contribution < 1.29 is 34.1 Å². The molecular formula is C14H23NO7. The number of alkyl carbamates (subject to hydrolysis) is 1. The molecule has 0 aromatic carbocycles. The van der Waals surface area contributed by atoms with Gasteiger partial charge in [-0.3, -0.25) is 4.79 Å². The van der Waals surface area contributed by atoms with Crippen LogP contribution in [0.5, 0.6) is 0 Å². The minimum absolute atomic E-state index is 0.164. The fourth-order valence-electron chi connectivity index (χ4n) is 2.42. The third-order valence-electron chi connectivity index (χ3n) is 3.32. The number of aliphatic carboxylic acids is 1. The standard InChI is InChI=1S/C14H23NO7/c1-5-21-12(19)9-7(6-16)8(9)10(11(17)18)15-13(20)22-14(2,3)4/h7-10,16H,5-6H2,1-4H3,(H,15,20)(H,17,18)/t7?,8?,9?,10-/m0/s1. The molecule has 0 bridgehead atoms. The summed E-state index contributed by atoms with van der Waals surface area (Å²) in [5.41, 5.74) is -0.770. The summed E-state index contributed by atoms with van der Waals surface area (Å²) in [5, 5.41) is 20.8. The Bertz CT molecular complexity index is 443. The van der Waals surface area contributed by atoms with Crippen LogP contribution in [0.1, 0.15) is 27.7 Å². The van der Waals surface area contributed by atoms with Gasteiger partial charge in [-0.05, 0) is 27.7 Å². The van der Waals surface area contributed by atoms with Crippen molar-refractivity contribution in [1.29, 1.82) is 0 Å². The first kappa shape index (κ1) is 18.2. The number of rotatable bonds is 6. The van der Waals surface area contributed by atoms with E-state index in [1.807, 2.05) is 0 Å². The summed E-state index contributed by atoms with van der Waals surface area (Å²) in [6.45, 7) is 6.40. The maximum atomic E-state index is 11.8. The number of carboxylic acid groups (broad SMARTS) is 1. The van der Waals surface area contributed by atoms with Crippen LogP contribution in [0, 0.1) is 17.8 Å². The molecular weight excluding hydrogens is 294 g/mol. The van der Waals surface area contributed by atoms with Crippen molar-refractivity contribution in [2.45, 2.75) is 39.3 Å². The molecule has 4 atom stereocenters. The number of aliphatic hydroxyl groups excluding tert-OH is 1. The van der Waals surface area contributed by atoms with Gasteiger partial charge in [0.05, 0.1) is 12.5 Å². The lowest BCUT2D eigenvalue weighted by atomic mass is 10.1. The molecule has 126 valence electrons. The maximum absolute atomic E-state index is 11.8. The number of carbonyl (C=O) groups is 3. The Balaban J connectivity index is 2.77. The normalized spacial score (nSPS) is 25.0. The van der Waals surface area contributed by atoms with Crippen LogP contribution in [-0.2, 0) is 19.1 Å². The average molecular weight is 317 g/mol. The van der Waals surface area contributed by atoms with E-state index in [1.165, 1.54) is 0 Å². The van der Waals surface area contributed by atoms with Crippen LogP contribution in [0.25, 0.3) is 0 Å². The number of aliphatic hydroxyl groups is 1. The zero-order valence-electron chi connectivity index (χ0n) is 13.2. The van der Waals surface area contributed by atoms with Gasteiger partial charge in [-0.1, -0.05) is 0 Å². The van der Waals surface area contributed by atoms with Crippen molar-refractivity contribution in [2.24, 2.45) is 17.8 Å². The van der Waals surface area contributed by atoms with E-state index in [4.69, 9.17) is 9.47 Å². The molecule has 0 spiro atoms. The topological polar surface area (TPSA) is 122 Å². The molecule has 1 rings (SSSR count). The molecule has 0 aromatic heterocycles. The van der Waals surface area contributed by atoms with Gasteiger partial charge in [0.25, 0.3) is 0 Å². The fraction of sp³-hybridized carbons (Fsp3) is 0.786. The summed E-state index contributed by atoms with van der Waals surface area (Å²) < 4.78 is 9.87. The molecule has 22 heavy (non-hydrogen) atoms. The van der Waals surface area contributed by atoms with E-state index in [1.54, 1.807) is 27.7 Å². The van der Waals surface area contributed by atoms with Gasteiger partial charge < -0.3 is 25.0 Å². The zero-order valence-corrected chi connectivity index (χ0v) is 13.2. The predicted octanol–water partition coefficient (Wildman–Crippen LogP) is 0.382. The average Bonchev–Trinajstić information content (AvgIpc) is 3.07. The minimum Gasteiger partial charge on any atom is -0.480 e. The van der Waals surface area contributed by atoms with Crippen molar-refractivity contribution in [3.05, 3.63) is 0 Å². The van der Waals surface area contributed by atoms with Crippen molar-refractivity contribution >= 4 is 18.0 Å². The molecule has 0 aromatic rings. The minimum atomic E-state index is -1.32. The van der Waals surface area contributed by atoms with Crippen molar-refractivity contribution in [3.8, 4) is 0 Å². The van der Waals surface area contributed by atoms with E-state index < -0.39 is 47.4 Å². The third-order valence-corrected chi connectivity index (χ3v) is 3.32. The van der Waals surface area contributed by atoms with Crippen LogP contribution in [-0.4, -0.2) is 53.1 Å². The SMILES string of the molecule is CCOC(=O)C1C(CO)C1[C@H](NC(=O)OC(C)(C)C)C(=O)O. The van der Waals surface area contributed by atoms with Crippen LogP contribution in [0.4, 0.5) is 4.79 Å². The lowest BCUT2D eigenvalue weighted by Crippen LogP contribution is -2.45. The van der Waals surface area contributed by atoms with Crippen molar-refractivity contribution in [3.63, 3.8) is 0 Å². The predicted molar refractivity (Wildman–Crippen MR) is 75.0 cm³/mol. The second-order valence-corrected chi connectivity index (χ2v) is 6.16. The molecule has 1 amide bonds. The number of ether oxygens (including phenoxy) is 2. The molecule has 1 saturated carbocycles. The Hall–Kier alpha value is -1.83. The van der Waals surface area contributed by atoms with Crippen LogP contribution < -0.4 is 5.32 Å². The van der Waals surface area contributed by atoms with E-state index in [-0.39, 0.29) is 13.2 Å². The molecule has 0 heterocycles. The highest BCUT2D eigenvalue weighted by Gasteiger charge is 2.61. The summed E-state index contributed by atoms with van der Waals surface area (Å²) in [5.74, 6) is -3.85. The summed E-state index contributed by atoms with van der Waals surface area (Å²) >= 11 is 0. The van der Waals surface area contributed by atoms with Gasteiger partial charge in [0.2, 0.25) is 0 Å². The molecule has 0 saturated heterocycles. The molecule has 3 N–H and O–H groups in total. The van der Waals surface area contributed by atoms with E-state index >= 15 is 0 Å². The smallest absolute Gasteiger partial charge is 0.408 e. The first-order valence-corrected chi connectivity index (χ1v) is 7.12. The van der Waals surface area contributed by atoms with Gasteiger partial charge in [-0.25, -0.2) is 9.59 Å². The van der Waals surface area contributed by atoms with Crippen LogP contribution >= 0.6 is 0 Å². The number of carboxylic acids is 1. The maximum Gasteiger partial charge on any atom is 0.408 e. The van der Waals surface area contributed by atoms with E-state index in [0.717, 1.165) is 0 Å². The molecule has 8 nitrogen and oxygen atoms in total. The van der Waals surface area contributed by atoms with Gasteiger partial charge in [0, 0.05) is 18.4 Å². The molecule has 1 aliphatic carbocycles. The second kappa shape index (κ2) is 6.95. The van der Waals surface area contributed by atoms with Crippen molar-refractivity contribution in [2.75, 3.05) is 13.2 Å². The quantitative estimate of drug-likeness (QED) is 0.605. The van der Waals surface area contributed by atoms with E-state index in [9.17, 15) is 24.6 Å². The summed E-state index contributed by atoms with van der Waals surface area (Å²) in [6.07, 6.45) is -0.883. The monoisotopic (exact) mass is 317 g/mol. The van der Waals surface area contributed by atoms with Gasteiger partial charge >= 0.3 is 18.0 Å². The van der Waals surface area contributed by atoms with Crippen LogP contribution in [0.15, 0.2) is 0 Å². The highest BCUT2D eigenvalue weighted by molar-refractivity contribution is 5.84. The number of hydrogen-bond donors (Lipinski definition) is 3. The summed E-state index contributed by atoms with van der Waals surface area (Å²) in [7, 11) is 0. The van der Waals surface area contributed by atoms with Crippen LogP contribution in [0.3, 0.4) is 0 Å². The highest BCUT2D eigenvalue weighted by Crippen LogP contribution is 2.49. The Kier molecular flexibility index (Phi) is 5.76. The molecule has 8 heteroatoms. The van der Waals surface area contributed by atoms with Gasteiger partial charge in [0.15, 0.2) is 0 Å². The number of amides is 1. The highest BCUT2D eigenvalue weighted by atomic mass is 16.6. The summed E-state index contributed by atoms with van der Waals surface area (Å²) in [4.78, 5) is 34.8. The molecule has 0 radical (unpaired) electrons. The summed E-state index contributed by atoms with van der Waals surface area (Å²) in [6, 6.07) is -1.32. The molecule has 3 unspecified atom stereocenters. The largest absolute Gasteiger partial charge is 0.480 e. The zero-order chi connectivity index (χ0) is 17.1. The molecule has 1 aliphatic rings. The lowest BCUT2D eigenvalue weighted by Gasteiger charge is -2.22. The Morgan fingerprint density at radius 1 is 1.27 bits per heavy atom. The third kappa shape index (κ3) is 4.59. The van der Waals surface area contributed by atoms with E-state index in [2.05, 4.69) is 5.32 Å². The molecule has 0 aliphatic heterocycles. The first-order valence-electron chi connectivity index (χ1n) is 7.12. The first-order chi connectivity index (χ1) is 10.1. The second-order valence-electron chi connectivity index (χ2n) is 6.16. The van der Waals surface area contributed by atoms with Crippen molar-refractivity contribution in [1.82, 2.24) is 5.32 Å². The van der Waals surface area contributed by atoms with E-state index in [0.29, 0.717) is 0 Å². The Morgan fingerprint density at radius 3 is 2.27 bits per heavy atom. The number of esters is 1. The van der Waals surface area contributed by atoms with Crippen LogP contribution in [0.2, 0.25) is 0 Å². The number of hydrogen-bond acceptors (Lipinski definition) is 6.